The predicted octanol–water partition coefficient (Wildman–Crippen LogP) is 1.51. The normalized spacial score (nSPS) is 10.4. The van der Waals surface area contributed by atoms with Gasteiger partial charge in [-0.3, -0.25) is 0 Å². The van der Waals surface area contributed by atoms with Gasteiger partial charge in [-0.05, 0) is 6.92 Å². The first-order valence-corrected chi connectivity index (χ1v) is 4.38. The molecule has 0 radical (unpaired) electrons. The second-order valence-corrected chi connectivity index (χ2v) is 3.29. The van der Waals surface area contributed by atoms with Crippen molar-refractivity contribution in [2.45, 2.75) is 13.5 Å². The smallest absolute Gasteiger partial charge is 0.102 e. The molecule has 11 heavy (non-hydrogen) atoms. The molecule has 2 nitrogen and oxygen atoms in total. The van der Waals surface area contributed by atoms with E-state index in [0.717, 1.165) is 10.7 Å². The Morgan fingerprint density at radius 3 is 3.09 bits per heavy atom. The van der Waals surface area contributed by atoms with Gasteiger partial charge in [0.2, 0.25) is 0 Å². The Labute approximate surface area is 69.5 Å². The third kappa shape index (κ3) is 2.95. The summed E-state index contributed by atoms with van der Waals surface area (Å²) in [7, 11) is 0. The van der Waals surface area contributed by atoms with Gasteiger partial charge < -0.3 is 5.32 Å². The van der Waals surface area contributed by atoms with Crippen molar-refractivity contribution in [1.82, 2.24) is 10.3 Å². The lowest BCUT2D eigenvalue weighted by atomic mass is 10.5. The molecule has 0 unspecified atom stereocenters. The molecule has 1 heterocycles. The molecular formula is C7H11FN2S. The van der Waals surface area contributed by atoms with Gasteiger partial charge in [0.1, 0.15) is 6.67 Å². The number of aromatic nitrogens is 1. The summed E-state index contributed by atoms with van der Waals surface area (Å²) in [6, 6.07) is 0. The minimum absolute atomic E-state index is 0.316. The summed E-state index contributed by atoms with van der Waals surface area (Å²) in [5, 5.41) is 5.98. The monoisotopic (exact) mass is 174 g/mol. The minimum atomic E-state index is -0.316. The van der Waals surface area contributed by atoms with E-state index < -0.39 is 0 Å². The molecule has 0 aliphatic rings. The van der Waals surface area contributed by atoms with Crippen molar-refractivity contribution < 1.29 is 4.39 Å². The summed E-state index contributed by atoms with van der Waals surface area (Å²) in [5.74, 6) is 0. The first kappa shape index (κ1) is 8.62. The molecule has 0 amide bonds. The minimum Gasteiger partial charge on any atom is -0.309 e. The van der Waals surface area contributed by atoms with E-state index in [2.05, 4.69) is 10.3 Å². The average molecular weight is 174 g/mol. The molecule has 0 bridgehead atoms. The van der Waals surface area contributed by atoms with Gasteiger partial charge in [0.05, 0.1) is 10.7 Å². The number of aryl methyl sites for hydroxylation is 1. The van der Waals surface area contributed by atoms with Gasteiger partial charge in [-0.15, -0.1) is 11.3 Å². The Morgan fingerprint density at radius 2 is 2.55 bits per heavy atom. The number of halogens is 1. The standard InChI is InChI=1S/C7H11FN2S/c1-6-10-7(5-11-6)4-9-3-2-8/h5,9H,2-4H2,1H3. The lowest BCUT2D eigenvalue weighted by molar-refractivity contribution is 0.466. The topological polar surface area (TPSA) is 24.9 Å². The molecule has 0 saturated carbocycles. The van der Waals surface area contributed by atoms with E-state index in [-0.39, 0.29) is 6.67 Å². The van der Waals surface area contributed by atoms with E-state index in [0.29, 0.717) is 13.1 Å². The van der Waals surface area contributed by atoms with Crippen molar-refractivity contribution in [1.29, 1.82) is 0 Å². The van der Waals surface area contributed by atoms with Gasteiger partial charge >= 0.3 is 0 Å². The number of rotatable bonds is 4. The molecule has 0 fully saturated rings. The van der Waals surface area contributed by atoms with Crippen molar-refractivity contribution >= 4 is 11.3 Å². The molecule has 62 valence electrons. The lowest BCUT2D eigenvalue weighted by Crippen LogP contribution is -2.16. The van der Waals surface area contributed by atoms with Gasteiger partial charge in [-0.1, -0.05) is 0 Å². The zero-order valence-electron chi connectivity index (χ0n) is 6.43. The van der Waals surface area contributed by atoms with Gasteiger partial charge in [0, 0.05) is 18.5 Å². The third-order valence-corrected chi connectivity index (χ3v) is 2.07. The molecule has 1 aromatic heterocycles. The Bertz CT molecular complexity index is 212. The van der Waals surface area contributed by atoms with Crippen LogP contribution in [0.3, 0.4) is 0 Å². The largest absolute Gasteiger partial charge is 0.309 e. The summed E-state index contributed by atoms with van der Waals surface area (Å²) in [5.41, 5.74) is 1.00. The average Bonchev–Trinajstić information content (AvgIpc) is 2.37. The SMILES string of the molecule is Cc1nc(CNCCF)cs1. The molecule has 1 aromatic rings. The fourth-order valence-electron chi connectivity index (χ4n) is 0.773. The van der Waals surface area contributed by atoms with E-state index in [4.69, 9.17) is 0 Å². The zero-order valence-corrected chi connectivity index (χ0v) is 7.25. The van der Waals surface area contributed by atoms with Crippen LogP contribution >= 0.6 is 11.3 Å². The molecular weight excluding hydrogens is 163 g/mol. The molecule has 0 aromatic carbocycles. The van der Waals surface area contributed by atoms with Crippen molar-refractivity contribution in [3.63, 3.8) is 0 Å². The molecule has 0 aliphatic heterocycles. The van der Waals surface area contributed by atoms with Crippen LogP contribution in [0, 0.1) is 6.92 Å². The Hall–Kier alpha value is -0.480. The summed E-state index contributed by atoms with van der Waals surface area (Å²) < 4.78 is 11.6. The van der Waals surface area contributed by atoms with Crippen LogP contribution in [0.2, 0.25) is 0 Å². The van der Waals surface area contributed by atoms with E-state index >= 15 is 0 Å². The van der Waals surface area contributed by atoms with Crippen LogP contribution in [-0.4, -0.2) is 18.2 Å². The molecule has 0 aliphatic carbocycles. The van der Waals surface area contributed by atoms with Crippen LogP contribution in [-0.2, 0) is 6.54 Å². The van der Waals surface area contributed by atoms with E-state index in [1.54, 1.807) is 11.3 Å². The van der Waals surface area contributed by atoms with Crippen molar-refractivity contribution in [2.24, 2.45) is 0 Å². The maximum absolute atomic E-state index is 11.6. The zero-order chi connectivity index (χ0) is 8.10. The fraction of sp³-hybridized carbons (Fsp3) is 0.571. The summed E-state index contributed by atoms with van der Waals surface area (Å²) in [4.78, 5) is 4.22. The number of alkyl halides is 1. The van der Waals surface area contributed by atoms with E-state index in [1.165, 1.54) is 0 Å². The molecule has 1 N–H and O–H groups in total. The third-order valence-electron chi connectivity index (χ3n) is 1.24. The number of nitrogens with one attached hydrogen (secondary N) is 1. The van der Waals surface area contributed by atoms with Crippen molar-refractivity contribution in [3.05, 3.63) is 16.1 Å². The number of hydrogen-bond acceptors (Lipinski definition) is 3. The second-order valence-electron chi connectivity index (χ2n) is 2.22. The predicted molar refractivity (Wildman–Crippen MR) is 44.5 cm³/mol. The van der Waals surface area contributed by atoms with Crippen molar-refractivity contribution in [2.75, 3.05) is 13.2 Å². The van der Waals surface area contributed by atoms with Gasteiger partial charge in [-0.2, -0.15) is 0 Å². The Kier molecular flexibility index (Phi) is 3.45. The van der Waals surface area contributed by atoms with Gasteiger partial charge in [-0.25, -0.2) is 9.37 Å². The van der Waals surface area contributed by atoms with Crippen LogP contribution < -0.4 is 5.32 Å². The van der Waals surface area contributed by atoms with Crippen LogP contribution in [0.25, 0.3) is 0 Å². The fourth-order valence-corrected chi connectivity index (χ4v) is 1.39. The highest BCUT2D eigenvalue weighted by Gasteiger charge is 1.95. The molecule has 0 atom stereocenters. The summed E-state index contributed by atoms with van der Waals surface area (Å²) in [6.45, 7) is 2.73. The van der Waals surface area contributed by atoms with Crippen LogP contribution in [0.4, 0.5) is 4.39 Å². The highest BCUT2D eigenvalue weighted by molar-refractivity contribution is 7.09. The Balaban J connectivity index is 2.27. The van der Waals surface area contributed by atoms with Crippen LogP contribution in [0.15, 0.2) is 5.38 Å². The summed E-state index contributed by atoms with van der Waals surface area (Å²) in [6.07, 6.45) is 0. The molecule has 1 rings (SSSR count). The van der Waals surface area contributed by atoms with Crippen molar-refractivity contribution in [3.8, 4) is 0 Å². The quantitative estimate of drug-likeness (QED) is 0.700. The number of thiazole rings is 1. The number of nitrogens with zero attached hydrogens (tertiary/aromatic N) is 1. The first-order valence-electron chi connectivity index (χ1n) is 3.50. The second kappa shape index (κ2) is 4.41. The maximum atomic E-state index is 11.6. The molecule has 4 heteroatoms. The van der Waals surface area contributed by atoms with Crippen LogP contribution in [0.1, 0.15) is 10.7 Å². The highest BCUT2D eigenvalue weighted by atomic mass is 32.1. The highest BCUT2D eigenvalue weighted by Crippen LogP contribution is 2.06. The van der Waals surface area contributed by atoms with Gasteiger partial charge in [0.15, 0.2) is 0 Å². The lowest BCUT2D eigenvalue weighted by Gasteiger charge is -1.96. The number of hydrogen-bond donors (Lipinski definition) is 1. The van der Waals surface area contributed by atoms with E-state index in [9.17, 15) is 4.39 Å². The van der Waals surface area contributed by atoms with E-state index in [1.807, 2.05) is 12.3 Å². The first-order chi connectivity index (χ1) is 5.33. The maximum Gasteiger partial charge on any atom is 0.102 e. The molecule has 0 spiro atoms. The molecule has 0 saturated heterocycles. The summed E-state index contributed by atoms with van der Waals surface area (Å²) >= 11 is 1.62. The van der Waals surface area contributed by atoms with Crippen LogP contribution in [0.5, 0.6) is 0 Å². The Morgan fingerprint density at radius 1 is 1.73 bits per heavy atom. The van der Waals surface area contributed by atoms with Gasteiger partial charge in [0.25, 0.3) is 0 Å².